The average molecular weight is 378 g/mol. The third-order valence-electron chi connectivity index (χ3n) is 5.93. The van der Waals surface area contributed by atoms with Crippen LogP contribution in [0.15, 0.2) is 36.5 Å². The first-order valence-electron chi connectivity index (χ1n) is 10.4. The Balaban J connectivity index is 1.84. The van der Waals surface area contributed by atoms with Crippen LogP contribution in [0.4, 0.5) is 0 Å². The van der Waals surface area contributed by atoms with Crippen molar-refractivity contribution >= 4 is 10.9 Å². The Morgan fingerprint density at radius 2 is 1.86 bits per heavy atom. The van der Waals surface area contributed by atoms with Crippen molar-refractivity contribution < 1.29 is 5.11 Å². The van der Waals surface area contributed by atoms with Crippen LogP contribution in [0.1, 0.15) is 69.2 Å². The van der Waals surface area contributed by atoms with Gasteiger partial charge in [0.1, 0.15) is 5.60 Å². The number of aromatic nitrogens is 2. The third kappa shape index (κ3) is 3.59. The van der Waals surface area contributed by atoms with Crippen molar-refractivity contribution in [2.45, 2.75) is 58.0 Å². The molecule has 0 amide bonds. The zero-order valence-corrected chi connectivity index (χ0v) is 17.3. The van der Waals surface area contributed by atoms with Gasteiger partial charge in [0.15, 0.2) is 0 Å². The Labute approximate surface area is 167 Å². The second kappa shape index (κ2) is 7.34. The van der Waals surface area contributed by atoms with Gasteiger partial charge in [-0.25, -0.2) is 0 Å². The smallest absolute Gasteiger partial charge is 0.101 e. The summed E-state index contributed by atoms with van der Waals surface area (Å²) in [6.07, 6.45) is 4.21. The van der Waals surface area contributed by atoms with Crippen molar-refractivity contribution in [1.82, 2.24) is 15.3 Å². The van der Waals surface area contributed by atoms with Crippen molar-refractivity contribution in [1.29, 1.82) is 0 Å². The second-order valence-corrected chi connectivity index (χ2v) is 8.89. The van der Waals surface area contributed by atoms with E-state index in [2.05, 4.69) is 47.3 Å². The first-order chi connectivity index (χ1) is 13.3. The number of pyridine rings is 1. The van der Waals surface area contributed by atoms with Gasteiger partial charge >= 0.3 is 0 Å². The fourth-order valence-electron chi connectivity index (χ4n) is 4.39. The molecule has 4 heteroatoms. The van der Waals surface area contributed by atoms with Gasteiger partial charge in [-0.1, -0.05) is 19.9 Å². The van der Waals surface area contributed by atoms with Gasteiger partial charge < -0.3 is 15.4 Å². The molecule has 1 saturated heterocycles. The molecule has 0 unspecified atom stereocenters. The highest BCUT2D eigenvalue weighted by Gasteiger charge is 2.22. The van der Waals surface area contributed by atoms with E-state index in [1.165, 1.54) is 34.9 Å². The van der Waals surface area contributed by atoms with Gasteiger partial charge in [0, 0.05) is 22.7 Å². The van der Waals surface area contributed by atoms with Crippen molar-refractivity contribution in [3.05, 3.63) is 53.3 Å². The average Bonchev–Trinajstić information content (AvgIpc) is 3.07. The van der Waals surface area contributed by atoms with Crippen LogP contribution in [0, 0.1) is 0 Å². The molecule has 3 aromatic rings. The lowest BCUT2D eigenvalue weighted by Crippen LogP contribution is -2.26. The molecular formula is C24H31N3O. The number of fused-ring (bicyclic) bond motifs is 1. The Hall–Kier alpha value is -2.17. The van der Waals surface area contributed by atoms with Gasteiger partial charge in [0.05, 0.1) is 11.4 Å². The van der Waals surface area contributed by atoms with Crippen LogP contribution in [0.25, 0.3) is 22.2 Å². The predicted octanol–water partition coefficient (Wildman–Crippen LogP) is 5.05. The number of hydrogen-bond acceptors (Lipinski definition) is 3. The predicted molar refractivity (Wildman–Crippen MR) is 116 cm³/mol. The van der Waals surface area contributed by atoms with Crippen LogP contribution in [0.2, 0.25) is 0 Å². The van der Waals surface area contributed by atoms with E-state index < -0.39 is 5.60 Å². The summed E-state index contributed by atoms with van der Waals surface area (Å²) in [5.74, 6) is 1.04. The summed E-state index contributed by atoms with van der Waals surface area (Å²) in [5, 5.41) is 15.2. The summed E-state index contributed by atoms with van der Waals surface area (Å²) in [6, 6.07) is 11.0. The maximum atomic E-state index is 10.4. The number of benzene rings is 1. The standard InChI is InChI=1S/C24H31N3O/c1-15(2)22-19-13-17(16-7-10-25-11-8-16)5-6-20(19)27-23(22)18-9-12-26-21(14-18)24(3,4)28/h5-6,9,12-16,25,27-28H,7-8,10-11H2,1-4H3. The molecule has 1 fully saturated rings. The van der Waals surface area contributed by atoms with Crippen LogP contribution in [0.3, 0.4) is 0 Å². The van der Waals surface area contributed by atoms with E-state index in [0.717, 1.165) is 24.3 Å². The molecule has 0 bridgehead atoms. The molecule has 1 aliphatic heterocycles. The normalized spacial score (nSPS) is 16.2. The number of nitrogens with one attached hydrogen (secondary N) is 2. The number of nitrogens with zero attached hydrogens (tertiary/aromatic N) is 1. The van der Waals surface area contributed by atoms with Crippen LogP contribution in [0.5, 0.6) is 0 Å². The lowest BCUT2D eigenvalue weighted by atomic mass is 9.88. The van der Waals surface area contributed by atoms with Crippen LogP contribution in [-0.4, -0.2) is 28.2 Å². The summed E-state index contributed by atoms with van der Waals surface area (Å²) in [4.78, 5) is 8.02. The SMILES string of the molecule is CC(C)c1c(-c2ccnc(C(C)(C)O)c2)[nH]c2ccc(C3CCNCC3)cc12. The Kier molecular flexibility index (Phi) is 5.02. The first kappa shape index (κ1) is 19.2. The molecule has 4 rings (SSSR count). The monoisotopic (exact) mass is 377 g/mol. The van der Waals surface area contributed by atoms with E-state index >= 15 is 0 Å². The maximum absolute atomic E-state index is 10.4. The van der Waals surface area contributed by atoms with Crippen molar-refractivity contribution in [3.8, 4) is 11.3 Å². The Morgan fingerprint density at radius 3 is 2.54 bits per heavy atom. The van der Waals surface area contributed by atoms with Gasteiger partial charge in [-0.05, 0) is 87.0 Å². The van der Waals surface area contributed by atoms with Crippen LogP contribution >= 0.6 is 0 Å². The van der Waals surface area contributed by atoms with Crippen LogP contribution < -0.4 is 5.32 Å². The maximum Gasteiger partial charge on any atom is 0.101 e. The molecule has 0 atom stereocenters. The minimum Gasteiger partial charge on any atom is -0.384 e. The summed E-state index contributed by atoms with van der Waals surface area (Å²) in [6.45, 7) is 10.3. The number of aromatic amines is 1. The van der Waals surface area contributed by atoms with E-state index in [1.54, 1.807) is 20.0 Å². The Bertz CT molecular complexity index is 975. The fourth-order valence-corrected chi connectivity index (χ4v) is 4.39. The summed E-state index contributed by atoms with van der Waals surface area (Å²) < 4.78 is 0. The summed E-state index contributed by atoms with van der Waals surface area (Å²) >= 11 is 0. The van der Waals surface area contributed by atoms with Gasteiger partial charge in [-0.2, -0.15) is 0 Å². The van der Waals surface area contributed by atoms with E-state index in [9.17, 15) is 5.11 Å². The number of aliphatic hydroxyl groups is 1. The molecule has 1 aliphatic rings. The van der Waals surface area contributed by atoms with Crippen molar-refractivity contribution in [2.75, 3.05) is 13.1 Å². The van der Waals surface area contributed by atoms with E-state index in [0.29, 0.717) is 17.5 Å². The fraction of sp³-hybridized carbons (Fsp3) is 0.458. The minimum atomic E-state index is -0.956. The van der Waals surface area contributed by atoms with Crippen molar-refractivity contribution in [2.24, 2.45) is 0 Å². The summed E-state index contributed by atoms with van der Waals surface area (Å²) in [7, 11) is 0. The van der Waals surface area contributed by atoms with Gasteiger partial charge in [-0.15, -0.1) is 0 Å². The van der Waals surface area contributed by atoms with Gasteiger partial charge in [0.25, 0.3) is 0 Å². The molecule has 148 valence electrons. The number of rotatable bonds is 4. The molecule has 28 heavy (non-hydrogen) atoms. The molecule has 3 N–H and O–H groups in total. The zero-order valence-electron chi connectivity index (χ0n) is 17.3. The molecule has 0 spiro atoms. The Morgan fingerprint density at radius 1 is 1.11 bits per heavy atom. The number of H-pyrrole nitrogens is 1. The number of piperidine rings is 1. The molecule has 0 aliphatic carbocycles. The van der Waals surface area contributed by atoms with E-state index in [1.807, 2.05) is 12.1 Å². The molecular weight excluding hydrogens is 346 g/mol. The molecule has 1 aromatic carbocycles. The lowest BCUT2D eigenvalue weighted by molar-refractivity contribution is 0.0739. The highest BCUT2D eigenvalue weighted by Crippen LogP contribution is 2.38. The molecule has 4 nitrogen and oxygen atoms in total. The molecule has 3 heterocycles. The van der Waals surface area contributed by atoms with E-state index in [-0.39, 0.29) is 0 Å². The number of hydrogen-bond donors (Lipinski definition) is 3. The quantitative estimate of drug-likeness (QED) is 0.596. The largest absolute Gasteiger partial charge is 0.384 e. The zero-order chi connectivity index (χ0) is 19.9. The van der Waals surface area contributed by atoms with Gasteiger partial charge in [0.2, 0.25) is 0 Å². The van der Waals surface area contributed by atoms with Crippen LogP contribution in [-0.2, 0) is 5.60 Å². The molecule has 2 aromatic heterocycles. The summed E-state index contributed by atoms with van der Waals surface area (Å²) in [5.41, 5.74) is 5.93. The first-order valence-corrected chi connectivity index (χ1v) is 10.4. The highest BCUT2D eigenvalue weighted by atomic mass is 16.3. The third-order valence-corrected chi connectivity index (χ3v) is 5.93. The molecule has 0 radical (unpaired) electrons. The van der Waals surface area contributed by atoms with Crippen molar-refractivity contribution in [3.63, 3.8) is 0 Å². The molecule has 0 saturated carbocycles. The lowest BCUT2D eigenvalue weighted by Gasteiger charge is -2.23. The minimum absolute atomic E-state index is 0.394. The second-order valence-electron chi connectivity index (χ2n) is 8.89. The van der Waals surface area contributed by atoms with Gasteiger partial charge in [-0.3, -0.25) is 4.98 Å². The highest BCUT2D eigenvalue weighted by molar-refractivity contribution is 5.92. The topological polar surface area (TPSA) is 60.9 Å². The van der Waals surface area contributed by atoms with E-state index in [4.69, 9.17) is 0 Å².